The van der Waals surface area contributed by atoms with Crippen LogP contribution in [-0.2, 0) is 6.18 Å². The lowest BCUT2D eigenvalue weighted by molar-refractivity contribution is -0.385. The topological polar surface area (TPSA) is 86.2 Å². The summed E-state index contributed by atoms with van der Waals surface area (Å²) in [6, 6.07) is 1.76. The van der Waals surface area contributed by atoms with Crippen molar-refractivity contribution in [2.75, 3.05) is 0 Å². The Bertz CT molecular complexity index is 766. The van der Waals surface area contributed by atoms with Gasteiger partial charge in [-0.15, -0.1) is 0 Å². The quantitative estimate of drug-likeness (QED) is 0.482. The van der Waals surface area contributed by atoms with Crippen molar-refractivity contribution in [2.24, 2.45) is 0 Å². The van der Waals surface area contributed by atoms with Gasteiger partial charge in [0.1, 0.15) is 11.3 Å². The Morgan fingerprint density at radius 3 is 2.48 bits per heavy atom. The Balaban J connectivity index is 2.57. The number of carbonyl (C=O) groups is 1. The van der Waals surface area contributed by atoms with E-state index < -0.39 is 33.7 Å². The molecule has 1 aromatic carbocycles. The van der Waals surface area contributed by atoms with Crippen LogP contribution in [0.3, 0.4) is 0 Å². The van der Waals surface area contributed by atoms with Crippen LogP contribution < -0.4 is 0 Å². The van der Waals surface area contributed by atoms with Crippen molar-refractivity contribution in [3.05, 3.63) is 57.0 Å². The van der Waals surface area contributed by atoms with Crippen molar-refractivity contribution in [2.45, 2.75) is 25.9 Å². The second-order valence-corrected chi connectivity index (χ2v) is 5.07. The standard InChI is InChI=1S/C14H11F3N2O4/c1-7(2)13-10(6-18-23-13)12(20)9-4-3-8(14(15,16)17)5-11(9)19(21)22/h3-7H,1-2H3. The van der Waals surface area contributed by atoms with Gasteiger partial charge >= 0.3 is 6.18 Å². The molecule has 0 aliphatic carbocycles. The molecule has 0 atom stereocenters. The highest BCUT2D eigenvalue weighted by atomic mass is 19.4. The molecular formula is C14H11F3N2O4. The third-order valence-corrected chi connectivity index (χ3v) is 3.13. The monoisotopic (exact) mass is 328 g/mol. The van der Waals surface area contributed by atoms with Gasteiger partial charge in [-0.3, -0.25) is 14.9 Å². The van der Waals surface area contributed by atoms with Crippen LogP contribution in [0.25, 0.3) is 0 Å². The van der Waals surface area contributed by atoms with E-state index in [9.17, 15) is 28.1 Å². The van der Waals surface area contributed by atoms with E-state index in [1.165, 1.54) is 0 Å². The highest BCUT2D eigenvalue weighted by Gasteiger charge is 2.34. The minimum Gasteiger partial charge on any atom is -0.360 e. The van der Waals surface area contributed by atoms with Crippen molar-refractivity contribution in [1.82, 2.24) is 5.16 Å². The van der Waals surface area contributed by atoms with Crippen LogP contribution in [0.15, 0.2) is 28.9 Å². The zero-order valence-corrected chi connectivity index (χ0v) is 12.0. The number of nitro groups is 1. The lowest BCUT2D eigenvalue weighted by Crippen LogP contribution is -2.11. The second kappa shape index (κ2) is 5.82. The van der Waals surface area contributed by atoms with Gasteiger partial charge in [-0.1, -0.05) is 19.0 Å². The van der Waals surface area contributed by atoms with E-state index in [0.717, 1.165) is 12.3 Å². The van der Waals surface area contributed by atoms with Gasteiger partial charge in [-0.05, 0) is 12.1 Å². The predicted molar refractivity (Wildman–Crippen MR) is 72.1 cm³/mol. The first-order valence-corrected chi connectivity index (χ1v) is 6.47. The number of carbonyl (C=O) groups excluding carboxylic acids is 1. The normalized spacial score (nSPS) is 11.7. The van der Waals surface area contributed by atoms with Crippen molar-refractivity contribution < 1.29 is 27.4 Å². The fourth-order valence-electron chi connectivity index (χ4n) is 2.03. The zero-order valence-electron chi connectivity index (χ0n) is 12.0. The molecule has 6 nitrogen and oxygen atoms in total. The lowest BCUT2D eigenvalue weighted by Gasteiger charge is -2.08. The molecule has 0 radical (unpaired) electrons. The van der Waals surface area contributed by atoms with Crippen LogP contribution in [0, 0.1) is 10.1 Å². The van der Waals surface area contributed by atoms with E-state index in [1.807, 2.05) is 0 Å². The van der Waals surface area contributed by atoms with Crippen molar-refractivity contribution in [3.8, 4) is 0 Å². The molecule has 0 saturated carbocycles. The Kier molecular flexibility index (Phi) is 4.22. The largest absolute Gasteiger partial charge is 0.416 e. The molecule has 0 bridgehead atoms. The van der Waals surface area contributed by atoms with Crippen LogP contribution in [0.2, 0.25) is 0 Å². The van der Waals surface area contributed by atoms with E-state index in [2.05, 4.69) is 5.16 Å². The fourth-order valence-corrected chi connectivity index (χ4v) is 2.03. The maximum absolute atomic E-state index is 12.7. The summed E-state index contributed by atoms with van der Waals surface area (Å²) in [6.45, 7) is 3.44. The first-order valence-electron chi connectivity index (χ1n) is 6.47. The molecule has 9 heteroatoms. The molecule has 0 aliphatic rings. The van der Waals surface area contributed by atoms with E-state index in [1.54, 1.807) is 13.8 Å². The van der Waals surface area contributed by atoms with Crippen LogP contribution in [-0.4, -0.2) is 15.9 Å². The minimum absolute atomic E-state index is 0.0112. The summed E-state index contributed by atoms with van der Waals surface area (Å²) in [4.78, 5) is 22.5. The predicted octanol–water partition coefficient (Wildman–Crippen LogP) is 3.96. The highest BCUT2D eigenvalue weighted by Crippen LogP contribution is 2.34. The van der Waals surface area contributed by atoms with Gasteiger partial charge in [0.2, 0.25) is 5.78 Å². The van der Waals surface area contributed by atoms with Gasteiger partial charge in [0.25, 0.3) is 5.69 Å². The molecule has 0 fully saturated rings. The van der Waals surface area contributed by atoms with Gasteiger partial charge in [0, 0.05) is 12.0 Å². The van der Waals surface area contributed by atoms with Gasteiger partial charge < -0.3 is 4.52 Å². The number of ketones is 1. The van der Waals surface area contributed by atoms with Gasteiger partial charge in [-0.25, -0.2) is 0 Å². The Labute approximate surface area is 128 Å². The molecule has 1 aromatic heterocycles. The van der Waals surface area contributed by atoms with E-state index in [-0.39, 0.29) is 17.2 Å². The highest BCUT2D eigenvalue weighted by molar-refractivity contribution is 6.12. The summed E-state index contributed by atoms with van der Waals surface area (Å²) in [5.41, 5.74) is -2.58. The molecule has 0 aliphatic heterocycles. The average molecular weight is 328 g/mol. The second-order valence-electron chi connectivity index (χ2n) is 5.07. The zero-order chi connectivity index (χ0) is 17.4. The maximum Gasteiger partial charge on any atom is 0.416 e. The number of nitro benzene ring substituents is 1. The SMILES string of the molecule is CC(C)c1oncc1C(=O)c1ccc(C(F)(F)F)cc1[N+](=O)[O-]. The van der Waals surface area contributed by atoms with E-state index in [4.69, 9.17) is 4.52 Å². The fraction of sp³-hybridized carbons (Fsp3) is 0.286. The first-order chi connectivity index (χ1) is 10.6. The lowest BCUT2D eigenvalue weighted by atomic mass is 9.97. The number of hydrogen-bond donors (Lipinski definition) is 0. The maximum atomic E-state index is 12.7. The molecule has 2 aromatic rings. The Hall–Kier alpha value is -2.71. The summed E-state index contributed by atoms with van der Waals surface area (Å²) in [5, 5.41) is 14.5. The van der Waals surface area contributed by atoms with E-state index in [0.29, 0.717) is 12.1 Å². The van der Waals surface area contributed by atoms with E-state index >= 15 is 0 Å². The molecule has 0 saturated heterocycles. The molecular weight excluding hydrogens is 317 g/mol. The van der Waals surface area contributed by atoms with Gasteiger partial charge in [-0.2, -0.15) is 13.2 Å². The van der Waals surface area contributed by atoms with Crippen molar-refractivity contribution in [1.29, 1.82) is 0 Å². The van der Waals surface area contributed by atoms with Gasteiger partial charge in [0.15, 0.2) is 0 Å². The molecule has 23 heavy (non-hydrogen) atoms. The molecule has 0 spiro atoms. The Morgan fingerprint density at radius 1 is 1.30 bits per heavy atom. The molecule has 0 amide bonds. The number of hydrogen-bond acceptors (Lipinski definition) is 5. The van der Waals surface area contributed by atoms with Crippen LogP contribution >= 0.6 is 0 Å². The number of aromatic nitrogens is 1. The van der Waals surface area contributed by atoms with Gasteiger partial charge in [0.05, 0.1) is 22.2 Å². The molecule has 0 N–H and O–H groups in total. The molecule has 0 unspecified atom stereocenters. The third-order valence-electron chi connectivity index (χ3n) is 3.13. The summed E-state index contributed by atoms with van der Waals surface area (Å²) >= 11 is 0. The number of benzene rings is 1. The first kappa shape index (κ1) is 16.7. The van der Waals surface area contributed by atoms with Crippen LogP contribution in [0.1, 0.15) is 47.0 Å². The number of halogens is 3. The summed E-state index contributed by atoms with van der Waals surface area (Å²) in [6.07, 6.45) is -3.65. The Morgan fingerprint density at radius 2 is 1.96 bits per heavy atom. The number of alkyl halides is 3. The third kappa shape index (κ3) is 3.22. The number of rotatable bonds is 4. The summed E-state index contributed by atoms with van der Waals surface area (Å²) in [5.74, 6) is -0.815. The molecule has 122 valence electrons. The van der Waals surface area contributed by atoms with Crippen LogP contribution in [0.5, 0.6) is 0 Å². The molecule has 2 rings (SSSR count). The number of nitrogens with zero attached hydrogens (tertiary/aromatic N) is 2. The average Bonchev–Trinajstić information content (AvgIpc) is 2.94. The van der Waals surface area contributed by atoms with Crippen LogP contribution in [0.4, 0.5) is 18.9 Å². The van der Waals surface area contributed by atoms with Crippen molar-refractivity contribution >= 4 is 11.5 Å². The summed E-state index contributed by atoms with van der Waals surface area (Å²) < 4.78 is 43.0. The summed E-state index contributed by atoms with van der Waals surface area (Å²) in [7, 11) is 0. The van der Waals surface area contributed by atoms with Crippen molar-refractivity contribution in [3.63, 3.8) is 0 Å². The smallest absolute Gasteiger partial charge is 0.360 e. The minimum atomic E-state index is -4.74. The molecule has 1 heterocycles.